The summed E-state index contributed by atoms with van der Waals surface area (Å²) in [4.78, 5) is 21.4. The molecule has 1 aliphatic heterocycles. The highest BCUT2D eigenvalue weighted by molar-refractivity contribution is 8.00. The first-order valence-electron chi connectivity index (χ1n) is 6.39. The van der Waals surface area contributed by atoms with Crippen LogP contribution in [0.3, 0.4) is 0 Å². The van der Waals surface area contributed by atoms with Crippen LogP contribution in [0.4, 0.5) is 0 Å². The first-order chi connectivity index (χ1) is 10.0. The highest BCUT2D eigenvalue weighted by Gasteiger charge is 2.25. The molecule has 7 nitrogen and oxygen atoms in total. The Labute approximate surface area is 125 Å². The van der Waals surface area contributed by atoms with Gasteiger partial charge in [0.1, 0.15) is 0 Å². The van der Waals surface area contributed by atoms with Gasteiger partial charge in [-0.1, -0.05) is 13.0 Å². The van der Waals surface area contributed by atoms with E-state index < -0.39 is 21.4 Å². The zero-order valence-corrected chi connectivity index (χ0v) is 12.1. The number of carbonyl (C=O) groups excluding carboxylic acids is 1. The zero-order valence-electron chi connectivity index (χ0n) is 11.3. The maximum atomic E-state index is 11.0. The van der Waals surface area contributed by atoms with Crippen LogP contribution in [0.1, 0.15) is 24.2 Å². The van der Waals surface area contributed by atoms with Crippen molar-refractivity contribution in [3.05, 3.63) is 33.9 Å². The van der Waals surface area contributed by atoms with Gasteiger partial charge in [0, 0.05) is 10.2 Å². The van der Waals surface area contributed by atoms with E-state index in [0.717, 1.165) is 11.8 Å². The Morgan fingerprint density at radius 1 is 1.43 bits per heavy atom. The Balaban J connectivity index is 2.22. The molecule has 1 heterocycles. The normalized spacial score (nSPS) is 15.5. The van der Waals surface area contributed by atoms with E-state index in [4.69, 9.17) is 9.47 Å². The van der Waals surface area contributed by atoms with Crippen molar-refractivity contribution in [2.75, 3.05) is 13.3 Å². The number of hydrogen-bond acceptors (Lipinski definition) is 7. The van der Waals surface area contributed by atoms with Gasteiger partial charge in [-0.3, -0.25) is 10.1 Å². The van der Waals surface area contributed by atoms with Crippen LogP contribution >= 0.6 is 11.8 Å². The van der Waals surface area contributed by atoms with Crippen LogP contribution in [-0.2, 0) is 4.79 Å². The second kappa shape index (κ2) is 6.66. The van der Waals surface area contributed by atoms with Gasteiger partial charge < -0.3 is 19.4 Å². The number of aliphatic carboxylic acids is 1. The van der Waals surface area contributed by atoms with Crippen LogP contribution in [0.25, 0.3) is 0 Å². The Morgan fingerprint density at radius 2 is 2.14 bits per heavy atom. The fourth-order valence-corrected chi connectivity index (χ4v) is 3.20. The summed E-state index contributed by atoms with van der Waals surface area (Å²) in [5, 5.41) is 20.5. The highest BCUT2D eigenvalue weighted by atomic mass is 32.2. The Bertz CT molecular complexity index is 549. The molecule has 0 bridgehead atoms. The van der Waals surface area contributed by atoms with E-state index in [-0.39, 0.29) is 13.3 Å². The van der Waals surface area contributed by atoms with Crippen molar-refractivity contribution in [1.29, 1.82) is 0 Å². The van der Waals surface area contributed by atoms with Crippen LogP contribution in [-0.4, -0.2) is 29.5 Å². The van der Waals surface area contributed by atoms with Crippen molar-refractivity contribution in [2.24, 2.45) is 0 Å². The monoisotopic (exact) mass is 312 g/mol. The lowest BCUT2D eigenvalue weighted by atomic mass is 10.1. The van der Waals surface area contributed by atoms with E-state index >= 15 is 0 Å². The number of ether oxygens (including phenoxy) is 2. The van der Waals surface area contributed by atoms with Gasteiger partial charge in [-0.15, -0.1) is 11.8 Å². The van der Waals surface area contributed by atoms with Gasteiger partial charge in [0.05, 0.1) is 11.2 Å². The summed E-state index contributed by atoms with van der Waals surface area (Å²) >= 11 is 1.02. The summed E-state index contributed by atoms with van der Waals surface area (Å²) in [5.74, 6) is -0.116. The SMILES string of the molecule is CCC(SC(C[N+](=O)[O-])c1ccc2c(c1)OCO2)C(=O)[O-]. The molecule has 1 aromatic rings. The minimum atomic E-state index is -1.21. The van der Waals surface area contributed by atoms with Gasteiger partial charge in [-0.05, 0) is 24.1 Å². The minimum Gasteiger partial charge on any atom is -0.549 e. The van der Waals surface area contributed by atoms with Crippen LogP contribution in [0.15, 0.2) is 18.2 Å². The predicted molar refractivity (Wildman–Crippen MR) is 73.8 cm³/mol. The number of nitrogens with zero attached hydrogens (tertiary/aromatic N) is 1. The van der Waals surface area contributed by atoms with Crippen LogP contribution < -0.4 is 14.6 Å². The summed E-state index contributed by atoms with van der Waals surface area (Å²) < 4.78 is 10.4. The number of hydrogen-bond donors (Lipinski definition) is 0. The lowest BCUT2D eigenvalue weighted by molar-refractivity contribution is -0.479. The second-order valence-electron chi connectivity index (χ2n) is 4.47. The van der Waals surface area contributed by atoms with Crippen molar-refractivity contribution in [3.63, 3.8) is 0 Å². The molecule has 0 saturated carbocycles. The Kier molecular flexibility index (Phi) is 4.89. The number of fused-ring (bicyclic) bond motifs is 1. The standard InChI is InChI=1S/C13H15NO6S/c1-2-11(13(15)16)21-12(6-14(17)18)8-3-4-9-10(5-8)20-7-19-9/h3-5,11-12H,2,6-7H2,1H3,(H,15,16)/p-1. The number of carboxylic acids is 1. The molecule has 114 valence electrons. The maximum Gasteiger partial charge on any atom is 0.231 e. The highest BCUT2D eigenvalue weighted by Crippen LogP contribution is 2.39. The van der Waals surface area contributed by atoms with E-state index in [0.29, 0.717) is 23.5 Å². The van der Waals surface area contributed by atoms with E-state index in [1.54, 1.807) is 25.1 Å². The zero-order chi connectivity index (χ0) is 15.4. The van der Waals surface area contributed by atoms with E-state index in [1.807, 2.05) is 0 Å². The molecular weight excluding hydrogens is 298 g/mol. The number of thioether (sulfide) groups is 1. The van der Waals surface area contributed by atoms with Gasteiger partial charge in [-0.2, -0.15) is 0 Å². The van der Waals surface area contributed by atoms with Gasteiger partial charge in [-0.25, -0.2) is 0 Å². The maximum absolute atomic E-state index is 11.0. The molecule has 21 heavy (non-hydrogen) atoms. The molecule has 0 N–H and O–H groups in total. The first kappa shape index (κ1) is 15.4. The van der Waals surface area contributed by atoms with E-state index in [9.17, 15) is 20.0 Å². The van der Waals surface area contributed by atoms with Crippen molar-refractivity contribution < 1.29 is 24.3 Å². The second-order valence-corrected chi connectivity index (χ2v) is 5.88. The number of rotatable bonds is 7. The van der Waals surface area contributed by atoms with E-state index in [1.165, 1.54) is 0 Å². The molecule has 0 fully saturated rings. The van der Waals surface area contributed by atoms with Gasteiger partial charge in [0.2, 0.25) is 13.3 Å². The van der Waals surface area contributed by atoms with Gasteiger partial charge in [0.15, 0.2) is 11.5 Å². The molecule has 1 aromatic carbocycles. The summed E-state index contributed by atoms with van der Waals surface area (Å²) in [7, 11) is 0. The van der Waals surface area contributed by atoms with E-state index in [2.05, 4.69) is 0 Å². The quantitative estimate of drug-likeness (QED) is 0.546. The van der Waals surface area contributed by atoms with Crippen molar-refractivity contribution >= 4 is 17.7 Å². The number of benzene rings is 1. The summed E-state index contributed by atoms with van der Waals surface area (Å²) in [6.07, 6.45) is 0.339. The van der Waals surface area contributed by atoms with Crippen LogP contribution in [0.2, 0.25) is 0 Å². The average Bonchev–Trinajstić information content (AvgIpc) is 2.89. The largest absolute Gasteiger partial charge is 0.549 e. The smallest absolute Gasteiger partial charge is 0.231 e. The molecule has 0 spiro atoms. The minimum absolute atomic E-state index is 0.114. The lowest BCUT2D eigenvalue weighted by Gasteiger charge is -2.21. The molecule has 2 atom stereocenters. The molecule has 2 rings (SSSR count). The molecule has 0 aromatic heterocycles. The summed E-state index contributed by atoms with van der Waals surface area (Å²) in [5.41, 5.74) is 0.639. The van der Waals surface area contributed by atoms with Crippen molar-refractivity contribution in [3.8, 4) is 11.5 Å². The fourth-order valence-electron chi connectivity index (χ4n) is 1.99. The third-order valence-electron chi connectivity index (χ3n) is 3.05. The molecule has 2 unspecified atom stereocenters. The average molecular weight is 312 g/mol. The Morgan fingerprint density at radius 3 is 2.76 bits per heavy atom. The number of carboxylic acid groups (broad SMARTS) is 1. The van der Waals surface area contributed by atoms with Crippen molar-refractivity contribution in [1.82, 2.24) is 0 Å². The predicted octanol–water partition coefficient (Wildman–Crippen LogP) is 0.995. The number of nitro groups is 1. The van der Waals surface area contributed by atoms with Gasteiger partial charge >= 0.3 is 0 Å². The third kappa shape index (κ3) is 3.78. The molecule has 0 amide bonds. The molecule has 0 saturated heterocycles. The Hall–Kier alpha value is -1.96. The molecule has 8 heteroatoms. The van der Waals surface area contributed by atoms with Gasteiger partial charge in [0.25, 0.3) is 0 Å². The lowest BCUT2D eigenvalue weighted by Crippen LogP contribution is -2.34. The third-order valence-corrected chi connectivity index (χ3v) is 4.65. The molecule has 1 aliphatic rings. The van der Waals surface area contributed by atoms with Crippen LogP contribution in [0.5, 0.6) is 11.5 Å². The molecule has 0 radical (unpaired) electrons. The van der Waals surface area contributed by atoms with Crippen LogP contribution in [0, 0.1) is 10.1 Å². The summed E-state index contributed by atoms with van der Waals surface area (Å²) in [6, 6.07) is 5.02. The summed E-state index contributed by atoms with van der Waals surface area (Å²) in [6.45, 7) is 1.45. The van der Waals surface area contributed by atoms with Crippen molar-refractivity contribution in [2.45, 2.75) is 23.8 Å². The molecule has 0 aliphatic carbocycles. The topological polar surface area (TPSA) is 102 Å². The molecular formula is C13H14NO6S-. The first-order valence-corrected chi connectivity index (χ1v) is 7.33. The number of carbonyl (C=O) groups is 1. The fraction of sp³-hybridized carbons (Fsp3) is 0.462.